The Kier molecular flexibility index (Phi) is 7.11. The maximum atomic E-state index is 11.7. The first-order valence-corrected chi connectivity index (χ1v) is 8.63. The second-order valence-corrected chi connectivity index (χ2v) is 6.54. The third kappa shape index (κ3) is 5.82. The van der Waals surface area contributed by atoms with Crippen molar-refractivity contribution in [3.05, 3.63) is 35.2 Å². The molecule has 0 spiro atoms. The van der Waals surface area contributed by atoms with Crippen LogP contribution in [0.4, 0.5) is 0 Å². The molecule has 1 aromatic carbocycles. The lowest BCUT2D eigenvalue weighted by Crippen LogP contribution is -2.47. The number of halogens is 1. The van der Waals surface area contributed by atoms with Gasteiger partial charge in [0, 0.05) is 23.6 Å². The zero-order chi connectivity index (χ0) is 19.1. The van der Waals surface area contributed by atoms with E-state index in [1.165, 1.54) is 0 Å². The summed E-state index contributed by atoms with van der Waals surface area (Å²) in [6.45, 7) is 3.87. The summed E-state index contributed by atoms with van der Waals surface area (Å²) in [6.07, 6.45) is 0.381. The number of rotatable bonds is 8. The van der Waals surface area contributed by atoms with E-state index < -0.39 is 6.04 Å². The molecule has 1 atom stereocenters. The van der Waals surface area contributed by atoms with Gasteiger partial charge in [-0.25, -0.2) is 0 Å². The predicted molar refractivity (Wildman–Crippen MR) is 97.3 cm³/mol. The first-order chi connectivity index (χ1) is 12.4. The molecule has 2 aromatic rings. The number of benzene rings is 1. The maximum absolute atomic E-state index is 11.7. The number of hydrogen-bond donors (Lipinski definition) is 3. The summed E-state index contributed by atoms with van der Waals surface area (Å²) in [5.74, 6) is 0.205. The molecule has 0 saturated heterocycles. The van der Waals surface area contributed by atoms with Crippen LogP contribution in [0.3, 0.4) is 0 Å². The molecule has 0 bridgehead atoms. The Bertz CT molecular complexity index is 745. The first kappa shape index (κ1) is 19.9. The summed E-state index contributed by atoms with van der Waals surface area (Å²) >= 11 is 5.84. The van der Waals surface area contributed by atoms with Gasteiger partial charge in [-0.2, -0.15) is 4.98 Å². The molecule has 26 heavy (non-hydrogen) atoms. The Labute approximate surface area is 156 Å². The molecule has 0 radical (unpaired) electrons. The Hall–Kier alpha value is -2.45. The fraction of sp³-hybridized carbons (Fsp3) is 0.412. The number of aromatic nitrogens is 2. The Morgan fingerprint density at radius 2 is 1.92 bits per heavy atom. The summed E-state index contributed by atoms with van der Waals surface area (Å²) in [5.41, 5.74) is 6.49. The molecule has 0 aliphatic carbocycles. The molecule has 0 aliphatic heterocycles. The van der Waals surface area contributed by atoms with Gasteiger partial charge in [0.2, 0.25) is 23.5 Å². The van der Waals surface area contributed by atoms with Gasteiger partial charge >= 0.3 is 0 Å². The van der Waals surface area contributed by atoms with Crippen molar-refractivity contribution in [2.75, 3.05) is 13.1 Å². The number of hydrogen-bond acceptors (Lipinski definition) is 6. The maximum Gasteiger partial charge on any atom is 0.239 e. The normalized spacial score (nSPS) is 12.0. The van der Waals surface area contributed by atoms with Crippen molar-refractivity contribution in [2.45, 2.75) is 26.3 Å². The van der Waals surface area contributed by atoms with Crippen LogP contribution in [-0.2, 0) is 16.0 Å². The van der Waals surface area contributed by atoms with Crippen molar-refractivity contribution < 1.29 is 14.1 Å². The zero-order valence-electron chi connectivity index (χ0n) is 14.7. The highest BCUT2D eigenvalue weighted by atomic mass is 35.5. The lowest BCUT2D eigenvalue weighted by molar-refractivity contribution is -0.127. The van der Waals surface area contributed by atoms with E-state index in [4.69, 9.17) is 21.9 Å². The van der Waals surface area contributed by atoms with Crippen molar-refractivity contribution >= 4 is 23.4 Å². The van der Waals surface area contributed by atoms with Crippen LogP contribution in [0.1, 0.15) is 19.7 Å². The molecule has 2 amide bonds. The van der Waals surface area contributed by atoms with Crippen LogP contribution in [0.25, 0.3) is 11.4 Å². The molecule has 1 aromatic heterocycles. The van der Waals surface area contributed by atoms with Crippen LogP contribution in [0, 0.1) is 5.92 Å². The van der Waals surface area contributed by atoms with E-state index in [1.54, 1.807) is 24.3 Å². The molecular weight excluding hydrogens is 358 g/mol. The number of carbonyl (C=O) groups is 2. The van der Waals surface area contributed by atoms with Gasteiger partial charge in [-0.3, -0.25) is 9.59 Å². The van der Waals surface area contributed by atoms with Crippen LogP contribution in [-0.4, -0.2) is 41.1 Å². The van der Waals surface area contributed by atoms with Crippen LogP contribution >= 0.6 is 11.6 Å². The van der Waals surface area contributed by atoms with Crippen LogP contribution in [0.5, 0.6) is 0 Å². The zero-order valence-corrected chi connectivity index (χ0v) is 15.4. The molecule has 8 nitrogen and oxygen atoms in total. The first-order valence-electron chi connectivity index (χ1n) is 8.25. The molecule has 140 valence electrons. The molecule has 0 saturated carbocycles. The highest BCUT2D eigenvalue weighted by Crippen LogP contribution is 2.18. The molecule has 2 rings (SSSR count). The Morgan fingerprint density at radius 3 is 2.58 bits per heavy atom. The summed E-state index contributed by atoms with van der Waals surface area (Å²) in [7, 11) is 0. The summed E-state index contributed by atoms with van der Waals surface area (Å²) in [6, 6.07) is 6.44. The van der Waals surface area contributed by atoms with E-state index in [9.17, 15) is 9.59 Å². The summed E-state index contributed by atoms with van der Waals surface area (Å²) in [4.78, 5) is 27.7. The van der Waals surface area contributed by atoms with Crippen LogP contribution < -0.4 is 16.4 Å². The van der Waals surface area contributed by atoms with Crippen molar-refractivity contribution in [3.8, 4) is 11.4 Å². The lowest BCUT2D eigenvalue weighted by Gasteiger charge is -2.14. The van der Waals surface area contributed by atoms with Crippen molar-refractivity contribution in [2.24, 2.45) is 11.7 Å². The molecule has 0 aliphatic rings. The SMILES string of the molecule is CC(C)[C@H](N)C(=O)NCC(=O)NCCc1nc(-c2ccc(Cl)cc2)no1. The van der Waals surface area contributed by atoms with Gasteiger partial charge in [0.15, 0.2) is 0 Å². The third-order valence-corrected chi connectivity index (χ3v) is 3.93. The largest absolute Gasteiger partial charge is 0.354 e. The van der Waals surface area contributed by atoms with Gasteiger partial charge in [-0.15, -0.1) is 0 Å². The van der Waals surface area contributed by atoms with Crippen LogP contribution in [0.15, 0.2) is 28.8 Å². The van der Waals surface area contributed by atoms with Crippen LogP contribution in [0.2, 0.25) is 5.02 Å². The van der Waals surface area contributed by atoms with Gasteiger partial charge in [-0.1, -0.05) is 30.6 Å². The number of amides is 2. The van der Waals surface area contributed by atoms with E-state index in [0.717, 1.165) is 5.56 Å². The second-order valence-electron chi connectivity index (χ2n) is 6.11. The standard InChI is InChI=1S/C17H22ClN5O3/c1-10(2)15(19)17(25)21-9-13(24)20-8-7-14-22-16(23-26-14)11-3-5-12(18)6-4-11/h3-6,10,15H,7-9,19H2,1-2H3,(H,20,24)(H,21,25)/t15-/m0/s1. The Balaban J connectivity index is 1.73. The quantitative estimate of drug-likeness (QED) is 0.632. The van der Waals surface area contributed by atoms with E-state index in [2.05, 4.69) is 20.8 Å². The lowest BCUT2D eigenvalue weighted by atomic mass is 10.1. The van der Waals surface area contributed by atoms with E-state index in [0.29, 0.717) is 29.7 Å². The van der Waals surface area contributed by atoms with E-state index in [1.807, 2.05) is 13.8 Å². The highest BCUT2D eigenvalue weighted by Gasteiger charge is 2.17. The van der Waals surface area contributed by atoms with E-state index >= 15 is 0 Å². The van der Waals surface area contributed by atoms with E-state index in [-0.39, 0.29) is 24.3 Å². The highest BCUT2D eigenvalue weighted by molar-refractivity contribution is 6.30. The number of nitrogens with zero attached hydrogens (tertiary/aromatic N) is 2. The predicted octanol–water partition coefficient (Wildman–Crippen LogP) is 1.15. The fourth-order valence-corrected chi connectivity index (χ4v) is 2.16. The molecule has 1 heterocycles. The molecule has 4 N–H and O–H groups in total. The molecular formula is C17H22ClN5O3. The summed E-state index contributed by atoms with van der Waals surface area (Å²) in [5, 5.41) is 9.70. The number of nitrogens with one attached hydrogen (secondary N) is 2. The fourth-order valence-electron chi connectivity index (χ4n) is 2.03. The minimum absolute atomic E-state index is 0.00502. The van der Waals surface area contributed by atoms with Crippen molar-refractivity contribution in [1.82, 2.24) is 20.8 Å². The smallest absolute Gasteiger partial charge is 0.239 e. The van der Waals surface area contributed by atoms with Gasteiger partial charge < -0.3 is 20.9 Å². The topological polar surface area (TPSA) is 123 Å². The molecule has 0 unspecified atom stereocenters. The third-order valence-electron chi connectivity index (χ3n) is 3.68. The molecule has 0 fully saturated rings. The average Bonchev–Trinajstić information content (AvgIpc) is 3.08. The minimum atomic E-state index is -0.632. The second kappa shape index (κ2) is 9.30. The van der Waals surface area contributed by atoms with Crippen molar-refractivity contribution in [1.29, 1.82) is 0 Å². The monoisotopic (exact) mass is 379 g/mol. The van der Waals surface area contributed by atoms with Gasteiger partial charge in [0.1, 0.15) is 0 Å². The van der Waals surface area contributed by atoms with Gasteiger partial charge in [0.25, 0.3) is 0 Å². The molecule has 9 heteroatoms. The van der Waals surface area contributed by atoms with Gasteiger partial charge in [0.05, 0.1) is 12.6 Å². The Morgan fingerprint density at radius 1 is 1.23 bits per heavy atom. The number of nitrogens with two attached hydrogens (primary N) is 1. The summed E-state index contributed by atoms with van der Waals surface area (Å²) < 4.78 is 5.16. The average molecular weight is 380 g/mol. The number of carbonyl (C=O) groups excluding carboxylic acids is 2. The van der Waals surface area contributed by atoms with Gasteiger partial charge in [-0.05, 0) is 30.2 Å². The van der Waals surface area contributed by atoms with Crippen molar-refractivity contribution in [3.63, 3.8) is 0 Å². The minimum Gasteiger partial charge on any atom is -0.354 e.